The minimum atomic E-state index is -5.08. The third-order valence-electron chi connectivity index (χ3n) is 6.17. The summed E-state index contributed by atoms with van der Waals surface area (Å²) in [6.45, 7) is 2.99. The van der Waals surface area contributed by atoms with Crippen LogP contribution >= 0.6 is 0 Å². The van der Waals surface area contributed by atoms with Crippen LogP contribution in [0.3, 0.4) is 0 Å². The van der Waals surface area contributed by atoms with E-state index in [1.807, 2.05) is 0 Å². The highest BCUT2D eigenvalue weighted by Crippen LogP contribution is 2.42. The second kappa shape index (κ2) is 9.97. The van der Waals surface area contributed by atoms with Crippen molar-refractivity contribution in [2.24, 2.45) is 11.3 Å². The van der Waals surface area contributed by atoms with Gasteiger partial charge in [0.25, 0.3) is 0 Å². The van der Waals surface area contributed by atoms with Crippen LogP contribution in [0.1, 0.15) is 38.5 Å². The fourth-order valence-electron chi connectivity index (χ4n) is 4.08. The summed E-state index contributed by atoms with van der Waals surface area (Å²) < 4.78 is 50.4. The molecule has 3 fully saturated rings. The zero-order chi connectivity index (χ0) is 23.4. The third-order valence-corrected chi connectivity index (χ3v) is 6.17. The van der Waals surface area contributed by atoms with Gasteiger partial charge < -0.3 is 20.1 Å². The minimum absolute atomic E-state index is 0.0868. The number of halogens is 4. The molecule has 1 aromatic rings. The van der Waals surface area contributed by atoms with Gasteiger partial charge in [-0.2, -0.15) is 13.2 Å². The number of piperidine rings is 1. The Morgan fingerprint density at radius 1 is 1.19 bits per heavy atom. The molecular weight excluding hydrogens is 436 g/mol. The molecule has 1 spiro atoms. The number of nitrogens with zero attached hydrogens (tertiary/aromatic N) is 3. The molecule has 2 saturated heterocycles. The smallest absolute Gasteiger partial charge is 0.475 e. The number of carbonyl (C=O) groups excluding carboxylic acids is 1. The number of hydrogen-bond donors (Lipinski definition) is 2. The molecule has 8 nitrogen and oxygen atoms in total. The van der Waals surface area contributed by atoms with Crippen molar-refractivity contribution in [3.63, 3.8) is 0 Å². The van der Waals surface area contributed by atoms with Gasteiger partial charge in [0.1, 0.15) is 0 Å². The van der Waals surface area contributed by atoms with Gasteiger partial charge in [-0.1, -0.05) is 0 Å². The van der Waals surface area contributed by atoms with Crippen LogP contribution in [0.2, 0.25) is 0 Å². The SMILES string of the molecule is O=C(CC1CC1)NC1COCCC12CCN(c1ncc(F)cn1)CC2.O=C(O)C(F)(F)F. The van der Waals surface area contributed by atoms with Crippen LogP contribution in [0.5, 0.6) is 0 Å². The molecule has 1 amide bonds. The number of hydrogen-bond acceptors (Lipinski definition) is 6. The van der Waals surface area contributed by atoms with Crippen molar-refractivity contribution in [1.82, 2.24) is 15.3 Å². The van der Waals surface area contributed by atoms with Crippen molar-refractivity contribution in [3.05, 3.63) is 18.2 Å². The van der Waals surface area contributed by atoms with Crippen molar-refractivity contribution in [2.75, 3.05) is 31.2 Å². The van der Waals surface area contributed by atoms with E-state index in [-0.39, 0.29) is 17.4 Å². The Bertz CT molecular complexity index is 794. The van der Waals surface area contributed by atoms with E-state index in [4.69, 9.17) is 14.6 Å². The van der Waals surface area contributed by atoms with E-state index in [0.717, 1.165) is 39.0 Å². The van der Waals surface area contributed by atoms with Crippen LogP contribution in [0.4, 0.5) is 23.5 Å². The summed E-state index contributed by atoms with van der Waals surface area (Å²) in [5, 5.41) is 10.4. The maximum absolute atomic E-state index is 13.0. The Kier molecular flexibility index (Phi) is 7.52. The maximum Gasteiger partial charge on any atom is 0.490 e. The van der Waals surface area contributed by atoms with E-state index in [1.54, 1.807) is 0 Å². The van der Waals surface area contributed by atoms with Gasteiger partial charge in [-0.25, -0.2) is 19.2 Å². The van der Waals surface area contributed by atoms with E-state index in [0.29, 0.717) is 24.9 Å². The molecule has 0 aromatic carbocycles. The van der Waals surface area contributed by atoms with Crippen molar-refractivity contribution >= 4 is 17.8 Å². The predicted molar refractivity (Wildman–Crippen MR) is 104 cm³/mol. The second-order valence-corrected chi connectivity index (χ2v) is 8.45. The van der Waals surface area contributed by atoms with Gasteiger partial charge in [0, 0.05) is 26.1 Å². The van der Waals surface area contributed by atoms with E-state index >= 15 is 0 Å². The molecule has 2 N–H and O–H groups in total. The summed E-state index contributed by atoms with van der Waals surface area (Å²) in [7, 11) is 0. The zero-order valence-corrected chi connectivity index (χ0v) is 17.4. The predicted octanol–water partition coefficient (Wildman–Crippen LogP) is 2.54. The summed E-state index contributed by atoms with van der Waals surface area (Å²) in [6.07, 6.45) is 3.27. The number of amides is 1. The Labute approximate surface area is 182 Å². The maximum atomic E-state index is 13.0. The quantitative estimate of drug-likeness (QED) is 0.663. The second-order valence-electron chi connectivity index (χ2n) is 8.45. The lowest BCUT2D eigenvalue weighted by Crippen LogP contribution is -2.57. The molecule has 1 unspecified atom stereocenters. The lowest BCUT2D eigenvalue weighted by Gasteiger charge is -2.49. The number of carbonyl (C=O) groups is 2. The Morgan fingerprint density at radius 2 is 1.78 bits per heavy atom. The molecule has 3 aliphatic rings. The number of anilines is 1. The summed E-state index contributed by atoms with van der Waals surface area (Å²) >= 11 is 0. The lowest BCUT2D eigenvalue weighted by molar-refractivity contribution is -0.192. The minimum Gasteiger partial charge on any atom is -0.475 e. The number of aromatic nitrogens is 2. The first-order valence-corrected chi connectivity index (χ1v) is 10.5. The molecule has 32 heavy (non-hydrogen) atoms. The van der Waals surface area contributed by atoms with E-state index in [9.17, 15) is 22.4 Å². The van der Waals surface area contributed by atoms with Crippen LogP contribution in [0.15, 0.2) is 12.4 Å². The summed E-state index contributed by atoms with van der Waals surface area (Å²) in [5.41, 5.74) is 0.0913. The Hall–Kier alpha value is -2.50. The molecule has 4 rings (SSSR count). The topological polar surface area (TPSA) is 105 Å². The van der Waals surface area contributed by atoms with Crippen LogP contribution in [0, 0.1) is 17.2 Å². The molecule has 0 bridgehead atoms. The molecular formula is C20H26F4N4O4. The number of aliphatic carboxylic acids is 1. The monoisotopic (exact) mass is 462 g/mol. The van der Waals surface area contributed by atoms with Gasteiger partial charge in [0.2, 0.25) is 11.9 Å². The number of rotatable bonds is 4. The molecule has 1 aliphatic carbocycles. The standard InChI is InChI=1S/C18H25FN4O2.C2HF3O2/c19-14-10-20-17(21-11-14)23-6-3-18(4-7-23)5-8-25-12-15(18)22-16(24)9-13-1-2-13;3-2(4,5)1(6)7/h10-11,13,15H,1-9,12H2,(H,22,24);(H,6,7). The first-order valence-electron chi connectivity index (χ1n) is 10.5. The normalized spacial score (nSPS) is 22.6. The number of carboxylic acid groups (broad SMARTS) is 1. The molecule has 1 saturated carbocycles. The van der Waals surface area contributed by atoms with Crippen LogP contribution < -0.4 is 10.2 Å². The number of ether oxygens (including phenoxy) is 1. The largest absolute Gasteiger partial charge is 0.490 e. The van der Waals surface area contributed by atoms with Crippen LogP contribution in [-0.2, 0) is 14.3 Å². The average Bonchev–Trinajstić information content (AvgIpc) is 3.55. The molecule has 1 aromatic heterocycles. The summed E-state index contributed by atoms with van der Waals surface area (Å²) in [6, 6.07) is 0.0868. The van der Waals surface area contributed by atoms with Crippen molar-refractivity contribution in [2.45, 2.75) is 50.7 Å². The van der Waals surface area contributed by atoms with Gasteiger partial charge in [-0.15, -0.1) is 0 Å². The lowest BCUT2D eigenvalue weighted by atomic mass is 9.69. The molecule has 3 heterocycles. The fraction of sp³-hybridized carbons (Fsp3) is 0.700. The molecule has 12 heteroatoms. The van der Waals surface area contributed by atoms with Crippen LogP contribution in [0.25, 0.3) is 0 Å². The van der Waals surface area contributed by atoms with E-state index in [2.05, 4.69) is 20.2 Å². The zero-order valence-electron chi connectivity index (χ0n) is 17.4. The van der Waals surface area contributed by atoms with Gasteiger partial charge in [0.15, 0.2) is 5.82 Å². The molecule has 2 aliphatic heterocycles. The van der Waals surface area contributed by atoms with Crippen molar-refractivity contribution in [1.29, 1.82) is 0 Å². The van der Waals surface area contributed by atoms with Crippen molar-refractivity contribution < 1.29 is 37.0 Å². The van der Waals surface area contributed by atoms with Gasteiger partial charge >= 0.3 is 12.1 Å². The number of alkyl halides is 3. The van der Waals surface area contributed by atoms with Gasteiger partial charge in [0.05, 0.1) is 25.0 Å². The highest BCUT2D eigenvalue weighted by Gasteiger charge is 2.45. The van der Waals surface area contributed by atoms with Crippen molar-refractivity contribution in [3.8, 4) is 0 Å². The van der Waals surface area contributed by atoms with Gasteiger partial charge in [-0.05, 0) is 43.4 Å². The van der Waals surface area contributed by atoms with Gasteiger partial charge in [-0.3, -0.25) is 4.79 Å². The fourth-order valence-corrected chi connectivity index (χ4v) is 4.08. The Morgan fingerprint density at radius 3 is 2.31 bits per heavy atom. The Balaban J connectivity index is 0.000000360. The summed E-state index contributed by atoms with van der Waals surface area (Å²) in [5.74, 6) is -1.83. The summed E-state index contributed by atoms with van der Waals surface area (Å²) in [4.78, 5) is 31.4. The molecule has 178 valence electrons. The van der Waals surface area contributed by atoms with E-state index in [1.165, 1.54) is 25.2 Å². The highest BCUT2D eigenvalue weighted by molar-refractivity contribution is 5.77. The number of nitrogens with one attached hydrogen (secondary N) is 1. The highest BCUT2D eigenvalue weighted by atomic mass is 19.4. The molecule has 1 atom stereocenters. The van der Waals surface area contributed by atoms with E-state index < -0.39 is 18.0 Å². The third kappa shape index (κ3) is 6.50. The number of carboxylic acids is 1. The average molecular weight is 462 g/mol. The first kappa shape index (κ1) is 24.1. The molecule has 0 radical (unpaired) electrons. The van der Waals surface area contributed by atoms with Crippen LogP contribution in [-0.4, -0.2) is 65.5 Å². The first-order chi connectivity index (χ1) is 15.1.